The van der Waals surface area contributed by atoms with Crippen molar-refractivity contribution in [2.45, 2.75) is 39.0 Å². The van der Waals surface area contributed by atoms with E-state index in [4.69, 9.17) is 4.74 Å². The molecule has 0 aliphatic heterocycles. The van der Waals surface area contributed by atoms with Crippen LogP contribution >= 0.6 is 0 Å². The second-order valence-corrected chi connectivity index (χ2v) is 3.70. The number of rotatable bonds is 9. The van der Waals surface area contributed by atoms with Crippen molar-refractivity contribution >= 4 is 0 Å². The average molecular weight is 187 g/mol. The molecule has 0 rings (SSSR count). The summed E-state index contributed by atoms with van der Waals surface area (Å²) >= 11 is 0. The van der Waals surface area contributed by atoms with Crippen LogP contribution in [0.25, 0.3) is 0 Å². The topological polar surface area (TPSA) is 21.3 Å². The van der Waals surface area contributed by atoms with Gasteiger partial charge in [0, 0.05) is 13.7 Å². The molecule has 0 aliphatic carbocycles. The van der Waals surface area contributed by atoms with Gasteiger partial charge < -0.3 is 10.1 Å². The summed E-state index contributed by atoms with van der Waals surface area (Å²) in [4.78, 5) is 0. The van der Waals surface area contributed by atoms with Crippen LogP contribution in [0.1, 0.15) is 39.0 Å². The van der Waals surface area contributed by atoms with Gasteiger partial charge in [0.25, 0.3) is 0 Å². The molecule has 1 atom stereocenters. The van der Waals surface area contributed by atoms with Gasteiger partial charge in [-0.25, -0.2) is 0 Å². The minimum Gasteiger partial charge on any atom is -0.385 e. The third kappa shape index (κ3) is 8.26. The Balaban J connectivity index is 3.33. The van der Waals surface area contributed by atoms with Gasteiger partial charge >= 0.3 is 0 Å². The van der Waals surface area contributed by atoms with E-state index < -0.39 is 0 Å². The third-order valence-corrected chi connectivity index (χ3v) is 2.40. The van der Waals surface area contributed by atoms with E-state index in [0.717, 1.165) is 12.5 Å². The largest absolute Gasteiger partial charge is 0.385 e. The Morgan fingerprint density at radius 1 is 1.23 bits per heavy atom. The molecule has 80 valence electrons. The maximum absolute atomic E-state index is 5.03. The Labute approximate surface area is 83.1 Å². The van der Waals surface area contributed by atoms with Crippen LogP contribution in [-0.2, 0) is 4.74 Å². The molecule has 13 heavy (non-hydrogen) atoms. The number of nitrogens with one attached hydrogen (secondary N) is 1. The molecule has 0 spiro atoms. The van der Waals surface area contributed by atoms with Crippen LogP contribution in [0.15, 0.2) is 0 Å². The average Bonchev–Trinajstić information content (AvgIpc) is 2.13. The van der Waals surface area contributed by atoms with E-state index in [-0.39, 0.29) is 0 Å². The van der Waals surface area contributed by atoms with E-state index in [2.05, 4.69) is 12.2 Å². The molecule has 1 unspecified atom stereocenters. The fraction of sp³-hybridized carbons (Fsp3) is 1.00. The first kappa shape index (κ1) is 12.9. The Hall–Kier alpha value is -0.0800. The second kappa shape index (κ2) is 10.0. The molecule has 0 aromatic rings. The zero-order valence-electron chi connectivity index (χ0n) is 9.44. The molecule has 0 aliphatic rings. The predicted molar refractivity (Wildman–Crippen MR) is 58.1 cm³/mol. The lowest BCUT2D eigenvalue weighted by Gasteiger charge is -2.14. The molecule has 0 aromatic heterocycles. The molecule has 2 nitrogen and oxygen atoms in total. The molecule has 0 amide bonds. The fourth-order valence-electron chi connectivity index (χ4n) is 1.72. The normalized spacial score (nSPS) is 13.2. The van der Waals surface area contributed by atoms with E-state index in [9.17, 15) is 0 Å². The van der Waals surface area contributed by atoms with Gasteiger partial charge in [0.15, 0.2) is 0 Å². The van der Waals surface area contributed by atoms with Crippen molar-refractivity contribution in [2.24, 2.45) is 5.92 Å². The molecule has 1 N–H and O–H groups in total. The summed E-state index contributed by atoms with van der Waals surface area (Å²) in [6, 6.07) is 0. The molecule has 2 heteroatoms. The highest BCUT2D eigenvalue weighted by Crippen LogP contribution is 2.13. The maximum atomic E-state index is 5.03. The molecule has 0 bridgehead atoms. The Morgan fingerprint density at radius 2 is 2.00 bits per heavy atom. The molecule has 0 saturated carbocycles. The Bertz CT molecular complexity index is 90.1. The van der Waals surface area contributed by atoms with Crippen LogP contribution in [0.5, 0.6) is 0 Å². The summed E-state index contributed by atoms with van der Waals surface area (Å²) in [6.07, 6.45) is 6.52. The lowest BCUT2D eigenvalue weighted by atomic mass is 9.97. The monoisotopic (exact) mass is 187 g/mol. The van der Waals surface area contributed by atoms with E-state index in [1.54, 1.807) is 7.11 Å². The van der Waals surface area contributed by atoms with Crippen molar-refractivity contribution in [2.75, 3.05) is 27.3 Å². The van der Waals surface area contributed by atoms with Gasteiger partial charge in [-0.3, -0.25) is 0 Å². The van der Waals surface area contributed by atoms with Crippen LogP contribution < -0.4 is 5.32 Å². The highest BCUT2D eigenvalue weighted by atomic mass is 16.5. The highest BCUT2D eigenvalue weighted by Gasteiger charge is 2.05. The van der Waals surface area contributed by atoms with Gasteiger partial charge in [0.05, 0.1) is 0 Å². The van der Waals surface area contributed by atoms with E-state index in [0.29, 0.717) is 0 Å². The highest BCUT2D eigenvalue weighted by molar-refractivity contribution is 4.60. The minimum absolute atomic E-state index is 0.867. The number of hydrogen-bond donors (Lipinski definition) is 1. The lowest BCUT2D eigenvalue weighted by molar-refractivity contribution is 0.189. The molecular formula is C11H25NO. The second-order valence-electron chi connectivity index (χ2n) is 3.70. The number of ether oxygens (including phenoxy) is 1. The SMILES string of the molecule is CCCC(CCCCOC)CNC. The first-order valence-corrected chi connectivity index (χ1v) is 5.48. The summed E-state index contributed by atoms with van der Waals surface area (Å²) in [5, 5.41) is 3.26. The minimum atomic E-state index is 0.867. The van der Waals surface area contributed by atoms with E-state index >= 15 is 0 Å². The van der Waals surface area contributed by atoms with Crippen LogP contribution in [0.2, 0.25) is 0 Å². The first-order valence-electron chi connectivity index (χ1n) is 5.48. The Kier molecular flexibility index (Phi) is 9.94. The van der Waals surface area contributed by atoms with Crippen LogP contribution in [0.4, 0.5) is 0 Å². The summed E-state index contributed by atoms with van der Waals surface area (Å²) in [6.45, 7) is 4.34. The van der Waals surface area contributed by atoms with Gasteiger partial charge in [-0.2, -0.15) is 0 Å². The van der Waals surface area contributed by atoms with Crippen LogP contribution in [-0.4, -0.2) is 27.3 Å². The molecular weight excluding hydrogens is 162 g/mol. The van der Waals surface area contributed by atoms with Crippen molar-refractivity contribution in [3.63, 3.8) is 0 Å². The fourth-order valence-corrected chi connectivity index (χ4v) is 1.72. The molecule has 0 heterocycles. The zero-order chi connectivity index (χ0) is 9.94. The summed E-state index contributed by atoms with van der Waals surface area (Å²) < 4.78 is 5.03. The Morgan fingerprint density at radius 3 is 2.54 bits per heavy atom. The number of methoxy groups -OCH3 is 1. The predicted octanol–water partition coefficient (Wildman–Crippen LogP) is 2.44. The van der Waals surface area contributed by atoms with Crippen molar-refractivity contribution in [3.05, 3.63) is 0 Å². The summed E-state index contributed by atoms with van der Waals surface area (Å²) in [5.74, 6) is 0.867. The van der Waals surface area contributed by atoms with E-state index in [1.807, 2.05) is 7.05 Å². The molecule has 0 aromatic carbocycles. The van der Waals surface area contributed by atoms with Gasteiger partial charge in [-0.1, -0.05) is 19.8 Å². The van der Waals surface area contributed by atoms with Gasteiger partial charge in [0.2, 0.25) is 0 Å². The number of hydrogen-bond acceptors (Lipinski definition) is 2. The first-order chi connectivity index (χ1) is 6.35. The smallest absolute Gasteiger partial charge is 0.0462 e. The quantitative estimate of drug-likeness (QED) is 0.560. The summed E-state index contributed by atoms with van der Waals surface area (Å²) in [7, 11) is 3.81. The number of unbranched alkanes of at least 4 members (excludes halogenated alkanes) is 1. The molecule has 0 fully saturated rings. The van der Waals surface area contributed by atoms with Crippen LogP contribution in [0, 0.1) is 5.92 Å². The van der Waals surface area contributed by atoms with Gasteiger partial charge in [-0.05, 0) is 38.8 Å². The lowest BCUT2D eigenvalue weighted by Crippen LogP contribution is -2.18. The van der Waals surface area contributed by atoms with Crippen molar-refractivity contribution in [1.82, 2.24) is 5.32 Å². The van der Waals surface area contributed by atoms with Crippen molar-refractivity contribution in [3.8, 4) is 0 Å². The standard InChI is InChI=1S/C11H25NO/c1-4-7-11(10-12-2)8-5-6-9-13-3/h11-12H,4-10H2,1-3H3. The van der Waals surface area contributed by atoms with E-state index in [1.165, 1.54) is 38.6 Å². The molecule has 0 saturated heterocycles. The third-order valence-electron chi connectivity index (χ3n) is 2.40. The summed E-state index contributed by atoms with van der Waals surface area (Å²) in [5.41, 5.74) is 0. The maximum Gasteiger partial charge on any atom is 0.0462 e. The van der Waals surface area contributed by atoms with Crippen molar-refractivity contribution < 1.29 is 4.74 Å². The van der Waals surface area contributed by atoms with Crippen molar-refractivity contribution in [1.29, 1.82) is 0 Å². The van der Waals surface area contributed by atoms with Crippen LogP contribution in [0.3, 0.4) is 0 Å². The zero-order valence-corrected chi connectivity index (χ0v) is 9.44. The van der Waals surface area contributed by atoms with Gasteiger partial charge in [0.1, 0.15) is 0 Å². The van der Waals surface area contributed by atoms with Gasteiger partial charge in [-0.15, -0.1) is 0 Å². The molecule has 0 radical (unpaired) electrons.